The van der Waals surface area contributed by atoms with E-state index in [-0.39, 0.29) is 10.9 Å². The molecule has 3 aromatic rings. The van der Waals surface area contributed by atoms with Crippen LogP contribution in [-0.4, -0.2) is 47.0 Å². The Labute approximate surface area is 178 Å². The summed E-state index contributed by atoms with van der Waals surface area (Å²) in [4.78, 5) is 25.0. The molecule has 154 valence electrons. The van der Waals surface area contributed by atoms with Gasteiger partial charge in [-0.1, -0.05) is 29.3 Å². The lowest BCUT2D eigenvalue weighted by atomic mass is 10.1. The number of hydrogen-bond acceptors (Lipinski definition) is 5. The van der Waals surface area contributed by atoms with Crippen LogP contribution in [0.4, 0.5) is 10.2 Å². The topological polar surface area (TPSA) is 58.6 Å². The number of carbonyl (C=O) groups is 1. The molecule has 0 atom stereocenters. The zero-order valence-corrected chi connectivity index (χ0v) is 17.1. The highest BCUT2D eigenvalue weighted by Crippen LogP contribution is 2.30. The molecule has 6 nitrogen and oxygen atoms in total. The first kappa shape index (κ1) is 20.1. The van der Waals surface area contributed by atoms with Crippen LogP contribution >= 0.6 is 11.6 Å². The third-order valence-electron chi connectivity index (χ3n) is 4.93. The van der Waals surface area contributed by atoms with E-state index in [4.69, 9.17) is 16.3 Å². The number of halogens is 2. The lowest BCUT2D eigenvalue weighted by molar-refractivity contribution is 0.0746. The van der Waals surface area contributed by atoms with Crippen LogP contribution in [0.1, 0.15) is 15.9 Å². The molecule has 0 bridgehead atoms. The van der Waals surface area contributed by atoms with Crippen molar-refractivity contribution in [2.75, 3.05) is 31.1 Å². The molecule has 0 N–H and O–H groups in total. The molecule has 1 amide bonds. The Morgan fingerprint density at radius 1 is 1.03 bits per heavy atom. The number of aryl methyl sites for hydroxylation is 1. The van der Waals surface area contributed by atoms with E-state index in [1.54, 1.807) is 6.07 Å². The summed E-state index contributed by atoms with van der Waals surface area (Å²) in [5.74, 6) is 0.921. The van der Waals surface area contributed by atoms with Gasteiger partial charge in [0.1, 0.15) is 23.7 Å². The van der Waals surface area contributed by atoms with Crippen molar-refractivity contribution in [2.24, 2.45) is 0 Å². The molecule has 1 aromatic heterocycles. The van der Waals surface area contributed by atoms with Gasteiger partial charge in [0.2, 0.25) is 5.88 Å². The zero-order chi connectivity index (χ0) is 21.1. The first-order valence-electron chi connectivity index (χ1n) is 9.55. The second-order valence-electron chi connectivity index (χ2n) is 7.04. The van der Waals surface area contributed by atoms with Crippen LogP contribution < -0.4 is 9.64 Å². The number of carbonyl (C=O) groups excluding carboxylic acids is 1. The molecule has 2 heterocycles. The summed E-state index contributed by atoms with van der Waals surface area (Å²) in [5, 5.41) is 0.165. The van der Waals surface area contributed by atoms with Crippen molar-refractivity contribution in [3.63, 3.8) is 0 Å². The van der Waals surface area contributed by atoms with E-state index in [1.807, 2.05) is 36.1 Å². The van der Waals surface area contributed by atoms with Crippen molar-refractivity contribution in [3.8, 4) is 11.6 Å². The highest BCUT2D eigenvalue weighted by atomic mass is 35.5. The van der Waals surface area contributed by atoms with E-state index in [0.717, 1.165) is 5.56 Å². The maximum atomic E-state index is 13.2. The van der Waals surface area contributed by atoms with Crippen LogP contribution in [0.5, 0.6) is 11.6 Å². The van der Waals surface area contributed by atoms with Crippen molar-refractivity contribution in [1.29, 1.82) is 0 Å². The van der Waals surface area contributed by atoms with Gasteiger partial charge in [-0.3, -0.25) is 4.79 Å². The van der Waals surface area contributed by atoms with Gasteiger partial charge in [-0.05, 0) is 37.3 Å². The first-order chi connectivity index (χ1) is 14.5. The predicted octanol–water partition coefficient (Wildman–Crippen LogP) is 4.33. The van der Waals surface area contributed by atoms with Crippen molar-refractivity contribution >= 4 is 23.3 Å². The maximum Gasteiger partial charge on any atom is 0.253 e. The van der Waals surface area contributed by atoms with Crippen LogP contribution in [-0.2, 0) is 0 Å². The standard InChI is InChI=1S/C22H20ClFN4O2/c1-15-2-4-16(5-3-15)22(29)28-10-8-27(9-11-28)20-13-21(26-14-25-20)30-19-7-6-17(24)12-18(19)23/h2-7,12-14H,8-11H2,1H3. The molecule has 0 unspecified atom stereocenters. The molecule has 0 spiro atoms. The average Bonchev–Trinajstić information content (AvgIpc) is 2.76. The van der Waals surface area contributed by atoms with Crippen LogP contribution in [0.15, 0.2) is 54.9 Å². The van der Waals surface area contributed by atoms with Gasteiger partial charge >= 0.3 is 0 Å². The Hall–Kier alpha value is -3.19. The molecule has 0 saturated carbocycles. The van der Waals surface area contributed by atoms with Crippen LogP contribution in [0.25, 0.3) is 0 Å². The molecular weight excluding hydrogens is 407 g/mol. The van der Waals surface area contributed by atoms with Gasteiger partial charge in [0.15, 0.2) is 0 Å². The Morgan fingerprint density at radius 3 is 2.47 bits per heavy atom. The molecule has 4 rings (SSSR count). The highest BCUT2D eigenvalue weighted by molar-refractivity contribution is 6.32. The number of anilines is 1. The van der Waals surface area contributed by atoms with E-state index in [2.05, 4.69) is 14.9 Å². The number of piperazine rings is 1. The Morgan fingerprint density at radius 2 is 1.77 bits per heavy atom. The third kappa shape index (κ3) is 4.52. The Bertz CT molecular complexity index is 1050. The summed E-state index contributed by atoms with van der Waals surface area (Å²) in [6.45, 7) is 4.47. The quantitative estimate of drug-likeness (QED) is 0.621. The molecule has 0 radical (unpaired) electrons. The second-order valence-corrected chi connectivity index (χ2v) is 7.44. The first-order valence-corrected chi connectivity index (χ1v) is 9.93. The van der Waals surface area contributed by atoms with Crippen molar-refractivity contribution in [1.82, 2.24) is 14.9 Å². The minimum absolute atomic E-state index is 0.0345. The van der Waals surface area contributed by atoms with E-state index in [0.29, 0.717) is 49.2 Å². The number of amides is 1. The summed E-state index contributed by atoms with van der Waals surface area (Å²) in [5.41, 5.74) is 1.82. The van der Waals surface area contributed by atoms with Gasteiger partial charge in [-0.2, -0.15) is 0 Å². The van der Waals surface area contributed by atoms with Gasteiger partial charge in [0.25, 0.3) is 5.91 Å². The average molecular weight is 427 g/mol. The van der Waals surface area contributed by atoms with Crippen LogP contribution in [0.2, 0.25) is 5.02 Å². The van der Waals surface area contributed by atoms with Crippen LogP contribution in [0, 0.1) is 12.7 Å². The minimum atomic E-state index is -0.436. The molecule has 0 aliphatic carbocycles. The normalized spacial score (nSPS) is 14.0. The van der Waals surface area contributed by atoms with Gasteiger partial charge in [0, 0.05) is 37.8 Å². The number of benzene rings is 2. The fourth-order valence-electron chi connectivity index (χ4n) is 3.25. The summed E-state index contributed by atoms with van der Waals surface area (Å²) >= 11 is 6.02. The summed E-state index contributed by atoms with van der Waals surface area (Å²) in [7, 11) is 0. The monoisotopic (exact) mass is 426 g/mol. The zero-order valence-electron chi connectivity index (χ0n) is 16.4. The largest absolute Gasteiger partial charge is 0.437 e. The number of rotatable bonds is 4. The Kier molecular flexibility index (Phi) is 5.81. The second kappa shape index (κ2) is 8.67. The van der Waals surface area contributed by atoms with Gasteiger partial charge in [-0.15, -0.1) is 0 Å². The lowest BCUT2D eigenvalue weighted by Crippen LogP contribution is -2.49. The molecule has 8 heteroatoms. The summed E-state index contributed by atoms with van der Waals surface area (Å²) < 4.78 is 18.9. The molecule has 30 heavy (non-hydrogen) atoms. The maximum absolute atomic E-state index is 13.2. The van der Waals surface area contributed by atoms with E-state index in [1.165, 1.54) is 24.5 Å². The van der Waals surface area contributed by atoms with Gasteiger partial charge in [-0.25, -0.2) is 14.4 Å². The summed E-state index contributed by atoms with van der Waals surface area (Å²) in [6.07, 6.45) is 1.41. The van der Waals surface area contributed by atoms with Gasteiger partial charge in [0.05, 0.1) is 5.02 Å². The summed E-state index contributed by atoms with van der Waals surface area (Å²) in [6, 6.07) is 13.2. The minimum Gasteiger partial charge on any atom is -0.437 e. The number of hydrogen-bond donors (Lipinski definition) is 0. The molecule has 1 fully saturated rings. The van der Waals surface area contributed by atoms with Crippen molar-refractivity contribution in [3.05, 3.63) is 76.8 Å². The number of aromatic nitrogens is 2. The third-order valence-corrected chi connectivity index (χ3v) is 5.22. The van der Waals surface area contributed by atoms with Gasteiger partial charge < -0.3 is 14.5 Å². The number of nitrogens with zero attached hydrogens (tertiary/aromatic N) is 4. The van der Waals surface area contributed by atoms with Crippen molar-refractivity contribution in [2.45, 2.75) is 6.92 Å². The van der Waals surface area contributed by atoms with E-state index < -0.39 is 5.82 Å². The fraction of sp³-hybridized carbons (Fsp3) is 0.227. The fourth-order valence-corrected chi connectivity index (χ4v) is 3.45. The predicted molar refractivity (Wildman–Crippen MR) is 113 cm³/mol. The molecule has 2 aromatic carbocycles. The van der Waals surface area contributed by atoms with Crippen molar-refractivity contribution < 1.29 is 13.9 Å². The lowest BCUT2D eigenvalue weighted by Gasteiger charge is -2.35. The molecule has 1 aliphatic heterocycles. The molecular formula is C22H20ClFN4O2. The molecule has 1 saturated heterocycles. The van der Waals surface area contributed by atoms with E-state index in [9.17, 15) is 9.18 Å². The highest BCUT2D eigenvalue weighted by Gasteiger charge is 2.23. The Balaban J connectivity index is 1.40. The number of ether oxygens (including phenoxy) is 1. The SMILES string of the molecule is Cc1ccc(C(=O)N2CCN(c3cc(Oc4ccc(F)cc4Cl)ncn3)CC2)cc1. The molecule has 1 aliphatic rings. The van der Waals surface area contributed by atoms with Crippen LogP contribution in [0.3, 0.4) is 0 Å². The smallest absolute Gasteiger partial charge is 0.253 e. The van der Waals surface area contributed by atoms with E-state index >= 15 is 0 Å².